The number of nitrogens with one attached hydrogen (secondary N) is 1. The van der Waals surface area contributed by atoms with Gasteiger partial charge in [0.25, 0.3) is 0 Å². The molecule has 1 fully saturated rings. The van der Waals surface area contributed by atoms with E-state index in [-0.39, 0.29) is 17.8 Å². The first-order valence-corrected chi connectivity index (χ1v) is 12.4. The summed E-state index contributed by atoms with van der Waals surface area (Å²) in [6.07, 6.45) is 6.02. The summed E-state index contributed by atoms with van der Waals surface area (Å²) in [6, 6.07) is 10.6. The van der Waals surface area contributed by atoms with Gasteiger partial charge < -0.3 is 20.5 Å². The molecule has 10 heteroatoms. The molecule has 38 heavy (non-hydrogen) atoms. The summed E-state index contributed by atoms with van der Waals surface area (Å²) in [5, 5.41) is 4.20. The van der Waals surface area contributed by atoms with Crippen LogP contribution in [0.5, 0.6) is 5.75 Å². The van der Waals surface area contributed by atoms with Gasteiger partial charge in [0.2, 0.25) is 0 Å². The summed E-state index contributed by atoms with van der Waals surface area (Å²) in [5.74, 6) is 0.545. The van der Waals surface area contributed by atoms with E-state index in [0.717, 1.165) is 12.1 Å². The van der Waals surface area contributed by atoms with Gasteiger partial charge in [-0.1, -0.05) is 0 Å². The van der Waals surface area contributed by atoms with Crippen molar-refractivity contribution in [3.8, 4) is 5.75 Å². The SMILES string of the molecule is CN=CC(=CN)c1cc(O[C@@H](C)[C@H]2COCCN2C)c2c(Nc3ccc4ncccc4c3F)ncnc2c1. The summed E-state index contributed by atoms with van der Waals surface area (Å²) in [4.78, 5) is 19.5. The Bertz CT molecular complexity index is 1520. The minimum absolute atomic E-state index is 0.0515. The van der Waals surface area contributed by atoms with E-state index in [1.165, 1.54) is 12.5 Å². The normalized spacial score (nSPS) is 17.8. The van der Waals surface area contributed by atoms with Gasteiger partial charge in [-0.3, -0.25) is 14.9 Å². The van der Waals surface area contributed by atoms with Crippen molar-refractivity contribution in [2.75, 3.05) is 39.2 Å². The van der Waals surface area contributed by atoms with Gasteiger partial charge in [0.15, 0.2) is 5.82 Å². The lowest BCUT2D eigenvalue weighted by Gasteiger charge is -2.36. The first-order chi connectivity index (χ1) is 18.5. The summed E-state index contributed by atoms with van der Waals surface area (Å²) in [5.41, 5.74) is 8.86. The second kappa shape index (κ2) is 11.1. The van der Waals surface area contributed by atoms with E-state index in [4.69, 9.17) is 15.2 Å². The van der Waals surface area contributed by atoms with Crippen LogP contribution in [0.25, 0.3) is 27.4 Å². The Morgan fingerprint density at radius 2 is 2.13 bits per heavy atom. The van der Waals surface area contributed by atoms with Crippen molar-refractivity contribution in [3.63, 3.8) is 0 Å². The van der Waals surface area contributed by atoms with Crippen LogP contribution in [-0.2, 0) is 4.74 Å². The summed E-state index contributed by atoms with van der Waals surface area (Å²) in [6.45, 7) is 4.07. The number of nitrogens with two attached hydrogens (primary N) is 1. The van der Waals surface area contributed by atoms with E-state index in [1.54, 1.807) is 43.7 Å². The van der Waals surface area contributed by atoms with Gasteiger partial charge in [-0.25, -0.2) is 14.4 Å². The summed E-state index contributed by atoms with van der Waals surface area (Å²) >= 11 is 0. The van der Waals surface area contributed by atoms with Crippen LogP contribution >= 0.6 is 0 Å². The highest BCUT2D eigenvalue weighted by atomic mass is 19.1. The number of fused-ring (bicyclic) bond motifs is 2. The van der Waals surface area contributed by atoms with Gasteiger partial charge in [-0.2, -0.15) is 0 Å². The quantitative estimate of drug-likeness (QED) is 0.353. The standard InChI is InChI=1S/C28H30FN7O2/c1-17(24-15-37-10-9-36(24)3)38-25-12-18(19(13-30)14-31-2)11-23-26(25)28(34-16-33-23)35-22-7-6-21-20(27(22)29)5-4-8-32-21/h4-8,11-14,16-17,24H,9-10,15,30H2,1-3H3,(H,33,34,35)/t17-,24+/m0/s1. The van der Waals surface area contributed by atoms with Crippen molar-refractivity contribution in [2.24, 2.45) is 10.7 Å². The van der Waals surface area contributed by atoms with E-state index in [0.29, 0.717) is 52.2 Å². The maximum absolute atomic E-state index is 15.4. The van der Waals surface area contributed by atoms with E-state index in [1.807, 2.05) is 19.1 Å². The minimum Gasteiger partial charge on any atom is -0.488 e. The fraction of sp³-hybridized carbons (Fsp3) is 0.286. The number of benzene rings is 2. The van der Waals surface area contributed by atoms with E-state index in [9.17, 15) is 0 Å². The van der Waals surface area contributed by atoms with Crippen LogP contribution < -0.4 is 15.8 Å². The zero-order valence-electron chi connectivity index (χ0n) is 21.6. The molecule has 0 spiro atoms. The molecule has 2 aromatic carbocycles. The molecule has 1 saturated heterocycles. The second-order valence-corrected chi connectivity index (χ2v) is 9.17. The van der Waals surface area contributed by atoms with Gasteiger partial charge in [-0.05, 0) is 55.9 Å². The zero-order valence-corrected chi connectivity index (χ0v) is 21.6. The lowest BCUT2D eigenvalue weighted by molar-refractivity contribution is -0.0343. The minimum atomic E-state index is -0.414. The van der Waals surface area contributed by atoms with Gasteiger partial charge in [0.1, 0.15) is 24.0 Å². The summed E-state index contributed by atoms with van der Waals surface area (Å²) < 4.78 is 27.7. The van der Waals surface area contributed by atoms with Crippen LogP contribution in [0.15, 0.2) is 60.1 Å². The Kier molecular flexibility index (Phi) is 7.43. The van der Waals surface area contributed by atoms with Crippen molar-refractivity contribution in [1.29, 1.82) is 0 Å². The number of likely N-dealkylation sites (N-methyl/N-ethyl adjacent to an activating group) is 1. The van der Waals surface area contributed by atoms with E-state index >= 15 is 4.39 Å². The lowest BCUT2D eigenvalue weighted by Crippen LogP contribution is -2.50. The average Bonchev–Trinajstić information content (AvgIpc) is 2.93. The number of morpholine rings is 1. The van der Waals surface area contributed by atoms with Crippen LogP contribution in [0.4, 0.5) is 15.9 Å². The number of halogens is 1. The molecule has 2 atom stereocenters. The molecule has 0 amide bonds. The van der Waals surface area contributed by atoms with Crippen LogP contribution in [0.3, 0.4) is 0 Å². The van der Waals surface area contributed by atoms with E-state index in [2.05, 4.69) is 37.2 Å². The van der Waals surface area contributed by atoms with Crippen molar-refractivity contribution in [3.05, 3.63) is 66.5 Å². The number of anilines is 2. The fourth-order valence-corrected chi connectivity index (χ4v) is 4.68. The molecule has 3 heterocycles. The predicted octanol–water partition coefficient (Wildman–Crippen LogP) is 4.16. The van der Waals surface area contributed by atoms with Crippen molar-refractivity contribution in [1.82, 2.24) is 19.9 Å². The number of hydrogen-bond acceptors (Lipinski definition) is 9. The Balaban J connectivity index is 1.62. The average molecular weight is 516 g/mol. The monoisotopic (exact) mass is 515 g/mol. The molecule has 2 aromatic heterocycles. The second-order valence-electron chi connectivity index (χ2n) is 9.17. The third-order valence-electron chi connectivity index (χ3n) is 6.75. The molecular formula is C28H30FN7O2. The summed E-state index contributed by atoms with van der Waals surface area (Å²) in [7, 11) is 3.74. The third-order valence-corrected chi connectivity index (χ3v) is 6.75. The topological polar surface area (TPSA) is 111 Å². The molecule has 0 bridgehead atoms. The molecule has 0 aliphatic carbocycles. The number of nitrogens with zero attached hydrogens (tertiary/aromatic N) is 5. The largest absolute Gasteiger partial charge is 0.488 e. The Morgan fingerprint density at radius 3 is 2.92 bits per heavy atom. The third kappa shape index (κ3) is 5.00. The van der Waals surface area contributed by atoms with Crippen LogP contribution in [0.2, 0.25) is 0 Å². The number of ether oxygens (including phenoxy) is 2. The van der Waals surface area contributed by atoms with Crippen molar-refractivity contribution >= 4 is 45.1 Å². The fourth-order valence-electron chi connectivity index (χ4n) is 4.68. The predicted molar refractivity (Wildman–Crippen MR) is 148 cm³/mol. The maximum Gasteiger partial charge on any atom is 0.156 e. The van der Waals surface area contributed by atoms with Crippen LogP contribution in [0, 0.1) is 5.82 Å². The molecule has 196 valence electrons. The lowest BCUT2D eigenvalue weighted by atomic mass is 10.0. The first-order valence-electron chi connectivity index (χ1n) is 12.4. The molecule has 1 aliphatic heterocycles. The first kappa shape index (κ1) is 25.5. The number of hydrogen-bond donors (Lipinski definition) is 2. The van der Waals surface area contributed by atoms with Crippen LogP contribution in [-0.4, -0.2) is 72.1 Å². The number of rotatable bonds is 7. The van der Waals surface area contributed by atoms with Gasteiger partial charge >= 0.3 is 0 Å². The molecule has 0 radical (unpaired) electrons. The molecule has 0 unspecified atom stereocenters. The highest BCUT2D eigenvalue weighted by Gasteiger charge is 2.28. The number of aliphatic imine (C=N–C) groups is 1. The molecule has 3 N–H and O–H groups in total. The highest BCUT2D eigenvalue weighted by Crippen LogP contribution is 2.36. The van der Waals surface area contributed by atoms with Gasteiger partial charge in [0, 0.05) is 43.2 Å². The van der Waals surface area contributed by atoms with Crippen LogP contribution in [0.1, 0.15) is 12.5 Å². The Labute approximate surface area is 220 Å². The zero-order chi connectivity index (χ0) is 26.6. The van der Waals surface area contributed by atoms with Gasteiger partial charge in [0.05, 0.1) is 41.4 Å². The molecule has 9 nitrogen and oxygen atoms in total. The maximum atomic E-state index is 15.4. The Morgan fingerprint density at radius 1 is 1.26 bits per heavy atom. The van der Waals surface area contributed by atoms with Gasteiger partial charge in [-0.15, -0.1) is 0 Å². The Hall–Kier alpha value is -4.15. The molecular weight excluding hydrogens is 485 g/mol. The number of pyridine rings is 1. The molecule has 1 aliphatic rings. The smallest absolute Gasteiger partial charge is 0.156 e. The van der Waals surface area contributed by atoms with Crippen molar-refractivity contribution < 1.29 is 13.9 Å². The van der Waals surface area contributed by atoms with E-state index < -0.39 is 5.82 Å². The highest BCUT2D eigenvalue weighted by molar-refractivity contribution is 6.11. The number of aromatic nitrogens is 3. The van der Waals surface area contributed by atoms with Crippen molar-refractivity contribution in [2.45, 2.75) is 19.1 Å². The molecule has 0 saturated carbocycles. The molecule has 4 aromatic rings. The molecule has 5 rings (SSSR count). The number of allylic oxidation sites excluding steroid dienone is 1.